The van der Waals surface area contributed by atoms with Crippen molar-refractivity contribution in [3.05, 3.63) is 34.9 Å². The van der Waals surface area contributed by atoms with Gasteiger partial charge in [-0.05, 0) is 30.4 Å². The number of piperidine rings is 1. The lowest BCUT2D eigenvalue weighted by molar-refractivity contribution is -0.139. The van der Waals surface area contributed by atoms with Crippen LogP contribution < -0.4 is 16.0 Å². The number of piperazine rings is 1. The van der Waals surface area contributed by atoms with Crippen LogP contribution in [0.4, 0.5) is 0 Å². The monoisotopic (exact) mass is 453 g/mol. The Morgan fingerprint density at radius 1 is 1.12 bits per heavy atom. The maximum Gasteiger partial charge on any atom is 0.255 e. The number of benzene rings is 1. The van der Waals surface area contributed by atoms with Crippen molar-refractivity contribution >= 4 is 23.6 Å². The molecule has 4 aliphatic rings. The lowest BCUT2D eigenvalue weighted by Gasteiger charge is -2.37. The molecule has 176 valence electrons. The molecule has 3 fully saturated rings. The number of nitrogens with zero attached hydrogens (tertiary/aromatic N) is 2. The van der Waals surface area contributed by atoms with Crippen molar-refractivity contribution in [2.24, 2.45) is 0 Å². The van der Waals surface area contributed by atoms with E-state index in [1.807, 2.05) is 23.1 Å². The van der Waals surface area contributed by atoms with E-state index in [4.69, 9.17) is 0 Å². The summed E-state index contributed by atoms with van der Waals surface area (Å²) >= 11 is 0. The predicted molar refractivity (Wildman–Crippen MR) is 120 cm³/mol. The second kappa shape index (κ2) is 8.87. The summed E-state index contributed by atoms with van der Waals surface area (Å²) in [4.78, 5) is 54.2. The van der Waals surface area contributed by atoms with E-state index in [2.05, 4.69) is 16.0 Å². The minimum atomic E-state index is -0.626. The molecule has 5 rings (SSSR count). The topological polar surface area (TPSA) is 111 Å². The van der Waals surface area contributed by atoms with Gasteiger partial charge in [0.1, 0.15) is 6.04 Å². The number of hydrogen-bond donors (Lipinski definition) is 3. The third-order valence-corrected chi connectivity index (χ3v) is 7.53. The van der Waals surface area contributed by atoms with Crippen molar-refractivity contribution in [1.82, 2.24) is 25.8 Å². The average Bonchev–Trinajstić information content (AvgIpc) is 3.44. The van der Waals surface area contributed by atoms with Crippen LogP contribution >= 0.6 is 0 Å². The summed E-state index contributed by atoms with van der Waals surface area (Å²) in [6.07, 6.45) is 4.23. The number of hydrogen-bond acceptors (Lipinski definition) is 6. The van der Waals surface area contributed by atoms with Crippen LogP contribution in [0.25, 0.3) is 0 Å². The van der Waals surface area contributed by atoms with E-state index in [-0.39, 0.29) is 24.1 Å². The molecule has 4 amide bonds. The predicted octanol–water partition coefficient (Wildman–Crippen LogP) is 0.282. The van der Waals surface area contributed by atoms with Crippen LogP contribution in [0, 0.1) is 0 Å². The van der Waals surface area contributed by atoms with Gasteiger partial charge in [0.25, 0.3) is 5.91 Å². The number of nitrogens with one attached hydrogen (secondary N) is 3. The van der Waals surface area contributed by atoms with Crippen LogP contribution in [0.15, 0.2) is 18.2 Å². The fraction of sp³-hybridized carbons (Fsp3) is 0.583. The first-order valence-electron chi connectivity index (χ1n) is 12.0. The van der Waals surface area contributed by atoms with Gasteiger partial charge >= 0.3 is 0 Å². The Labute approximate surface area is 193 Å². The van der Waals surface area contributed by atoms with E-state index in [0.29, 0.717) is 25.1 Å². The molecular formula is C24H31N5O4. The molecule has 0 aromatic heterocycles. The minimum absolute atomic E-state index is 0.172. The van der Waals surface area contributed by atoms with Crippen LogP contribution in [0.2, 0.25) is 0 Å². The highest BCUT2D eigenvalue weighted by molar-refractivity contribution is 6.06. The molecule has 9 heteroatoms. The molecule has 1 aromatic rings. The van der Waals surface area contributed by atoms with E-state index >= 15 is 0 Å². The van der Waals surface area contributed by atoms with E-state index in [0.717, 1.165) is 63.0 Å². The molecule has 1 aliphatic carbocycles. The molecule has 33 heavy (non-hydrogen) atoms. The van der Waals surface area contributed by atoms with Crippen molar-refractivity contribution in [3.63, 3.8) is 0 Å². The van der Waals surface area contributed by atoms with E-state index in [1.54, 1.807) is 4.90 Å². The molecular weight excluding hydrogens is 422 g/mol. The fourth-order valence-corrected chi connectivity index (χ4v) is 5.72. The van der Waals surface area contributed by atoms with Crippen LogP contribution in [0.5, 0.6) is 0 Å². The summed E-state index contributed by atoms with van der Waals surface area (Å²) in [6, 6.07) is 5.14. The number of imide groups is 1. The van der Waals surface area contributed by atoms with Crippen molar-refractivity contribution in [2.45, 2.75) is 63.2 Å². The lowest BCUT2D eigenvalue weighted by atomic mass is 9.93. The van der Waals surface area contributed by atoms with Crippen LogP contribution in [-0.4, -0.2) is 71.2 Å². The second-order valence-corrected chi connectivity index (χ2v) is 9.54. The average molecular weight is 454 g/mol. The summed E-state index contributed by atoms with van der Waals surface area (Å²) in [6.45, 7) is 3.87. The van der Waals surface area contributed by atoms with E-state index < -0.39 is 17.5 Å². The van der Waals surface area contributed by atoms with Gasteiger partial charge in [0.2, 0.25) is 17.7 Å². The first kappa shape index (κ1) is 22.0. The fourth-order valence-electron chi connectivity index (χ4n) is 5.72. The highest BCUT2D eigenvalue weighted by Crippen LogP contribution is 2.34. The van der Waals surface area contributed by atoms with Gasteiger partial charge in [-0.15, -0.1) is 0 Å². The quantitative estimate of drug-likeness (QED) is 0.553. The summed E-state index contributed by atoms with van der Waals surface area (Å²) in [5, 5.41) is 9.21. The maximum atomic E-state index is 13.5. The Bertz CT molecular complexity index is 981. The molecule has 9 nitrogen and oxygen atoms in total. The molecule has 3 N–H and O–H groups in total. The smallest absolute Gasteiger partial charge is 0.255 e. The Balaban J connectivity index is 1.33. The van der Waals surface area contributed by atoms with Gasteiger partial charge in [-0.3, -0.25) is 29.8 Å². The van der Waals surface area contributed by atoms with Crippen LogP contribution in [0.3, 0.4) is 0 Å². The number of amides is 4. The largest absolute Gasteiger partial charge is 0.339 e. The van der Waals surface area contributed by atoms with Gasteiger partial charge in [0, 0.05) is 51.3 Å². The minimum Gasteiger partial charge on any atom is -0.339 e. The van der Waals surface area contributed by atoms with Gasteiger partial charge < -0.3 is 15.1 Å². The van der Waals surface area contributed by atoms with Gasteiger partial charge in [0.15, 0.2) is 0 Å². The SMILES string of the molecule is O=C1CCC(N2Cc3cccc(CNC4(C(=O)N5CCNCC5)CCCC4)c3C2=O)C(=O)N1. The van der Waals surface area contributed by atoms with E-state index in [9.17, 15) is 19.2 Å². The molecule has 0 spiro atoms. The third kappa shape index (κ3) is 4.04. The first-order valence-corrected chi connectivity index (χ1v) is 12.0. The second-order valence-electron chi connectivity index (χ2n) is 9.54. The van der Waals surface area contributed by atoms with Crippen molar-refractivity contribution < 1.29 is 19.2 Å². The van der Waals surface area contributed by atoms with Crippen molar-refractivity contribution in [3.8, 4) is 0 Å². The Morgan fingerprint density at radius 3 is 2.61 bits per heavy atom. The van der Waals surface area contributed by atoms with Gasteiger partial charge in [-0.1, -0.05) is 31.0 Å². The molecule has 1 saturated carbocycles. The third-order valence-electron chi connectivity index (χ3n) is 7.53. The Morgan fingerprint density at radius 2 is 1.88 bits per heavy atom. The van der Waals surface area contributed by atoms with Crippen molar-refractivity contribution in [2.75, 3.05) is 26.2 Å². The Hall–Kier alpha value is -2.78. The molecule has 1 aromatic carbocycles. The summed E-state index contributed by atoms with van der Waals surface area (Å²) in [7, 11) is 0. The van der Waals surface area contributed by atoms with Crippen LogP contribution in [-0.2, 0) is 27.5 Å². The molecule has 2 saturated heterocycles. The zero-order valence-electron chi connectivity index (χ0n) is 18.8. The van der Waals surface area contributed by atoms with Gasteiger partial charge in [0.05, 0.1) is 5.54 Å². The molecule has 1 unspecified atom stereocenters. The molecule has 1 atom stereocenters. The standard InChI is InChI=1S/C24H31N5O4/c30-19-7-6-18(21(31)27-19)29-15-17-5-3-4-16(20(17)22(29)32)14-26-24(8-1-2-9-24)23(33)28-12-10-25-11-13-28/h3-5,18,25-26H,1-2,6-15H2,(H,27,30,31). The number of fused-ring (bicyclic) bond motifs is 1. The normalized spacial score (nSPS) is 24.7. The molecule has 3 heterocycles. The Kier molecular flexibility index (Phi) is 5.92. The zero-order chi connectivity index (χ0) is 23.0. The maximum absolute atomic E-state index is 13.5. The molecule has 0 radical (unpaired) electrons. The highest BCUT2D eigenvalue weighted by Gasteiger charge is 2.44. The number of carbonyl (C=O) groups excluding carboxylic acids is 4. The molecule has 0 bridgehead atoms. The zero-order valence-corrected chi connectivity index (χ0v) is 18.8. The van der Waals surface area contributed by atoms with Gasteiger partial charge in [-0.25, -0.2) is 0 Å². The van der Waals surface area contributed by atoms with E-state index in [1.165, 1.54) is 0 Å². The number of carbonyl (C=O) groups is 4. The van der Waals surface area contributed by atoms with Crippen LogP contribution in [0.1, 0.15) is 60.0 Å². The first-order chi connectivity index (χ1) is 16.0. The van der Waals surface area contributed by atoms with Gasteiger partial charge in [-0.2, -0.15) is 0 Å². The summed E-state index contributed by atoms with van der Waals surface area (Å²) < 4.78 is 0. The summed E-state index contributed by atoms with van der Waals surface area (Å²) in [5.74, 6) is -0.698. The van der Waals surface area contributed by atoms with Crippen molar-refractivity contribution in [1.29, 1.82) is 0 Å². The number of rotatable bonds is 5. The summed E-state index contributed by atoms with van der Waals surface area (Å²) in [5.41, 5.74) is 1.78. The molecule has 3 aliphatic heterocycles. The highest BCUT2D eigenvalue weighted by atomic mass is 16.2. The lowest BCUT2D eigenvalue weighted by Crippen LogP contribution is -2.59.